The summed E-state index contributed by atoms with van der Waals surface area (Å²) in [6, 6.07) is 16.2. The summed E-state index contributed by atoms with van der Waals surface area (Å²) >= 11 is 0. The van der Waals surface area contributed by atoms with Crippen LogP contribution in [0.5, 0.6) is 0 Å². The van der Waals surface area contributed by atoms with Gasteiger partial charge in [-0.15, -0.1) is 0 Å². The molecule has 2 aromatic carbocycles. The average Bonchev–Trinajstić information content (AvgIpc) is 3.29. The van der Waals surface area contributed by atoms with Crippen molar-refractivity contribution in [1.82, 2.24) is 9.88 Å². The van der Waals surface area contributed by atoms with Crippen LogP contribution in [0, 0.1) is 0 Å². The van der Waals surface area contributed by atoms with E-state index in [1.165, 1.54) is 0 Å². The number of nitrogens with zero attached hydrogens (tertiary/aromatic N) is 2. The second-order valence-electron chi connectivity index (χ2n) is 9.09. The van der Waals surface area contributed by atoms with Crippen LogP contribution in [0.3, 0.4) is 0 Å². The van der Waals surface area contributed by atoms with Crippen molar-refractivity contribution in [1.29, 1.82) is 0 Å². The van der Waals surface area contributed by atoms with E-state index < -0.39 is 5.54 Å². The van der Waals surface area contributed by atoms with Crippen molar-refractivity contribution in [3.05, 3.63) is 65.4 Å². The number of anilines is 1. The number of nitrogens with one attached hydrogen (secondary N) is 1. The van der Waals surface area contributed by atoms with Gasteiger partial charge in [0.05, 0.1) is 11.4 Å². The molecule has 3 heterocycles. The first-order valence-electron chi connectivity index (χ1n) is 11.9. The number of amides is 2. The van der Waals surface area contributed by atoms with E-state index in [2.05, 4.69) is 31.0 Å². The summed E-state index contributed by atoms with van der Waals surface area (Å²) in [5.74, 6) is 0.0105. The number of H-pyrrole nitrogens is 1. The molecule has 166 valence electrons. The van der Waals surface area contributed by atoms with E-state index in [0.29, 0.717) is 13.0 Å². The molecular weight excluding hydrogens is 398 g/mol. The lowest BCUT2D eigenvalue weighted by atomic mass is 9.77. The van der Waals surface area contributed by atoms with E-state index in [1.807, 2.05) is 53.1 Å². The lowest BCUT2D eigenvalue weighted by molar-refractivity contribution is -0.147. The highest BCUT2D eigenvalue weighted by Crippen LogP contribution is 2.53. The molecule has 2 aliphatic heterocycles. The summed E-state index contributed by atoms with van der Waals surface area (Å²) in [5.41, 5.74) is 3.76. The molecule has 1 N–H and O–H groups in total. The van der Waals surface area contributed by atoms with Crippen molar-refractivity contribution in [3.8, 4) is 0 Å². The molecule has 0 unspecified atom stereocenters. The Morgan fingerprint density at radius 1 is 1.09 bits per heavy atom. The van der Waals surface area contributed by atoms with E-state index in [1.54, 1.807) is 0 Å². The first-order valence-corrected chi connectivity index (χ1v) is 11.9. The fraction of sp³-hybridized carbons (Fsp3) is 0.407. The van der Waals surface area contributed by atoms with Gasteiger partial charge in [0.15, 0.2) is 5.54 Å². The summed E-state index contributed by atoms with van der Waals surface area (Å²) in [6.07, 6.45) is 4.22. The Labute approximate surface area is 189 Å². The summed E-state index contributed by atoms with van der Waals surface area (Å²) in [5, 5.41) is 1.15. The largest absolute Gasteiger partial charge is 0.355 e. The van der Waals surface area contributed by atoms with E-state index in [9.17, 15) is 9.59 Å². The average molecular weight is 430 g/mol. The van der Waals surface area contributed by atoms with Gasteiger partial charge >= 0.3 is 0 Å². The molecule has 5 heteroatoms. The first-order chi connectivity index (χ1) is 15.6. The molecule has 1 spiro atoms. The summed E-state index contributed by atoms with van der Waals surface area (Å²) in [6.45, 7) is 6.80. The van der Waals surface area contributed by atoms with Gasteiger partial charge in [-0.1, -0.05) is 63.1 Å². The third-order valence-electron chi connectivity index (χ3n) is 7.17. The van der Waals surface area contributed by atoms with Crippen molar-refractivity contribution in [3.63, 3.8) is 0 Å². The number of unbranched alkanes of at least 4 members (excludes halogenated alkanes) is 2. The van der Waals surface area contributed by atoms with Gasteiger partial charge in [0.2, 0.25) is 5.91 Å². The maximum atomic E-state index is 14.5. The Morgan fingerprint density at radius 2 is 1.84 bits per heavy atom. The molecule has 0 saturated carbocycles. The lowest BCUT2D eigenvalue weighted by Crippen LogP contribution is -2.62. The topological polar surface area (TPSA) is 56.4 Å². The van der Waals surface area contributed by atoms with E-state index in [-0.39, 0.29) is 17.9 Å². The fourth-order valence-electron chi connectivity index (χ4n) is 5.81. The Kier molecular flexibility index (Phi) is 5.07. The zero-order valence-electron chi connectivity index (χ0n) is 19.1. The van der Waals surface area contributed by atoms with E-state index >= 15 is 0 Å². The monoisotopic (exact) mass is 429 g/mol. The van der Waals surface area contributed by atoms with Crippen LogP contribution < -0.4 is 4.90 Å². The van der Waals surface area contributed by atoms with Crippen LogP contribution in [0.25, 0.3) is 10.9 Å². The van der Waals surface area contributed by atoms with Gasteiger partial charge in [0.1, 0.15) is 0 Å². The predicted molar refractivity (Wildman–Crippen MR) is 128 cm³/mol. The minimum Gasteiger partial charge on any atom is -0.355 e. The normalized spacial score (nSPS) is 22.0. The molecule has 3 aromatic rings. The maximum absolute atomic E-state index is 14.5. The van der Waals surface area contributed by atoms with Crippen molar-refractivity contribution in [2.45, 2.75) is 64.5 Å². The van der Waals surface area contributed by atoms with Gasteiger partial charge in [0.25, 0.3) is 5.91 Å². The summed E-state index contributed by atoms with van der Waals surface area (Å²) < 4.78 is 0. The molecule has 5 nitrogen and oxygen atoms in total. The van der Waals surface area contributed by atoms with Gasteiger partial charge in [-0.05, 0) is 37.5 Å². The molecule has 2 aliphatic rings. The van der Waals surface area contributed by atoms with Gasteiger partial charge in [-0.25, -0.2) is 0 Å². The molecule has 5 rings (SSSR count). The molecule has 32 heavy (non-hydrogen) atoms. The van der Waals surface area contributed by atoms with Crippen molar-refractivity contribution < 1.29 is 9.59 Å². The smallest absolute Gasteiger partial charge is 0.264 e. The quantitative estimate of drug-likeness (QED) is 0.572. The number of carbonyl (C=O) groups is 2. The number of aromatic amines is 1. The van der Waals surface area contributed by atoms with Crippen LogP contribution in [-0.2, 0) is 21.5 Å². The molecule has 0 radical (unpaired) electrons. The molecule has 0 saturated heterocycles. The maximum Gasteiger partial charge on any atom is 0.264 e. The van der Waals surface area contributed by atoms with E-state index in [0.717, 1.165) is 59.1 Å². The number of hydrogen-bond acceptors (Lipinski definition) is 2. The Morgan fingerprint density at radius 3 is 2.62 bits per heavy atom. The van der Waals surface area contributed by atoms with Crippen molar-refractivity contribution in [2.24, 2.45) is 0 Å². The van der Waals surface area contributed by atoms with Crippen LogP contribution in [0.15, 0.2) is 48.5 Å². The van der Waals surface area contributed by atoms with Crippen LogP contribution in [-0.4, -0.2) is 34.3 Å². The van der Waals surface area contributed by atoms with Crippen LogP contribution in [0.2, 0.25) is 0 Å². The lowest BCUT2D eigenvalue weighted by Gasteiger charge is -2.47. The SMILES string of the molecule is CCCCCN1C(=O)[C@]2(c3ccccc31)c1[nH]c3ccccc3c1C[C@H](C)N2C(=O)CC. The Hall–Kier alpha value is -3.08. The number of aromatic nitrogens is 1. The van der Waals surface area contributed by atoms with Crippen molar-refractivity contribution >= 4 is 28.4 Å². The van der Waals surface area contributed by atoms with Gasteiger partial charge in [0, 0.05) is 35.5 Å². The van der Waals surface area contributed by atoms with Crippen LogP contribution >= 0.6 is 0 Å². The Balaban J connectivity index is 1.81. The number of hydrogen-bond donors (Lipinski definition) is 1. The Bertz CT molecular complexity index is 1200. The van der Waals surface area contributed by atoms with Gasteiger partial charge < -0.3 is 14.8 Å². The standard InChI is InChI=1S/C27H31N3O2/c1-4-6-11-16-29-23-15-10-8-13-21(23)27(26(29)32)25-20(17-18(3)30(27)24(31)5-2)19-12-7-9-14-22(19)28-25/h7-10,12-15,18,28H,4-6,11,16-17H2,1-3H3/t18-,27-/m0/s1. The molecule has 1 aromatic heterocycles. The summed E-state index contributed by atoms with van der Waals surface area (Å²) in [4.78, 5) is 35.3. The van der Waals surface area contributed by atoms with E-state index in [4.69, 9.17) is 0 Å². The van der Waals surface area contributed by atoms with Gasteiger partial charge in [-0.2, -0.15) is 0 Å². The highest BCUT2D eigenvalue weighted by Gasteiger charge is 2.61. The third-order valence-corrected chi connectivity index (χ3v) is 7.17. The highest BCUT2D eigenvalue weighted by molar-refractivity contribution is 6.12. The number of fused-ring (bicyclic) bond motifs is 6. The van der Waals surface area contributed by atoms with Gasteiger partial charge in [-0.3, -0.25) is 9.59 Å². The molecular formula is C27H31N3O2. The first kappa shape index (κ1) is 20.8. The third kappa shape index (κ3) is 2.70. The summed E-state index contributed by atoms with van der Waals surface area (Å²) in [7, 11) is 0. The molecule has 0 aliphatic carbocycles. The second kappa shape index (κ2) is 7.80. The molecule has 0 bridgehead atoms. The fourth-order valence-corrected chi connectivity index (χ4v) is 5.81. The minimum atomic E-state index is -1.14. The number of para-hydroxylation sites is 2. The molecule has 0 fully saturated rings. The minimum absolute atomic E-state index is 0.00374. The van der Waals surface area contributed by atoms with Crippen molar-refractivity contribution in [2.75, 3.05) is 11.4 Å². The molecule has 2 atom stereocenters. The predicted octanol–water partition coefficient (Wildman–Crippen LogP) is 5.13. The highest BCUT2D eigenvalue weighted by atomic mass is 16.2. The number of rotatable bonds is 5. The second-order valence-corrected chi connectivity index (χ2v) is 9.09. The van der Waals surface area contributed by atoms with Crippen LogP contribution in [0.1, 0.15) is 63.3 Å². The zero-order valence-corrected chi connectivity index (χ0v) is 19.1. The number of benzene rings is 2. The number of carbonyl (C=O) groups excluding carboxylic acids is 2. The molecule has 2 amide bonds. The zero-order chi connectivity index (χ0) is 22.5. The van der Waals surface area contributed by atoms with Crippen LogP contribution in [0.4, 0.5) is 5.69 Å².